The third kappa shape index (κ3) is 5.41. The van der Waals surface area contributed by atoms with E-state index in [9.17, 15) is 15.0 Å². The molecule has 0 saturated carbocycles. The molecule has 3 aromatic carbocycles. The van der Waals surface area contributed by atoms with Gasteiger partial charge in [0.05, 0.1) is 13.2 Å². The van der Waals surface area contributed by atoms with Crippen molar-refractivity contribution in [2.24, 2.45) is 0 Å². The van der Waals surface area contributed by atoms with Crippen molar-refractivity contribution < 1.29 is 24.5 Å². The van der Waals surface area contributed by atoms with Crippen molar-refractivity contribution in [2.45, 2.75) is 39.0 Å². The Morgan fingerprint density at radius 3 is 1.88 bits per heavy atom. The lowest BCUT2D eigenvalue weighted by Gasteiger charge is -2.24. The van der Waals surface area contributed by atoms with Gasteiger partial charge in [-0.3, -0.25) is 0 Å². The number of carbonyl (C=O) groups is 1. The highest BCUT2D eigenvalue weighted by Gasteiger charge is 2.24. The number of carboxylic acid groups (broad SMARTS) is 1. The van der Waals surface area contributed by atoms with Crippen LogP contribution in [-0.4, -0.2) is 29.4 Å². The summed E-state index contributed by atoms with van der Waals surface area (Å²) in [6.07, 6.45) is 0.693. The molecule has 0 amide bonds. The summed E-state index contributed by atoms with van der Waals surface area (Å²) in [7, 11) is 0. The van der Waals surface area contributed by atoms with Crippen molar-refractivity contribution >= 4 is 5.97 Å². The van der Waals surface area contributed by atoms with Gasteiger partial charge in [0.2, 0.25) is 0 Å². The van der Waals surface area contributed by atoms with Crippen molar-refractivity contribution in [3.63, 3.8) is 0 Å². The minimum absolute atomic E-state index is 0.0906. The lowest BCUT2D eigenvalue weighted by Crippen LogP contribution is -2.09. The molecule has 2 unspecified atom stereocenters. The maximum absolute atomic E-state index is 11.6. The molecule has 0 saturated heterocycles. The number of carboxylic acids is 1. The number of ether oxygens (including phenoxy) is 2. The Balaban J connectivity index is 1.97. The Kier molecular flexibility index (Phi) is 7.77. The maximum Gasteiger partial charge on any atom is 0.339 e. The van der Waals surface area contributed by atoms with Crippen LogP contribution in [0.15, 0.2) is 66.7 Å². The Hall–Kier alpha value is -3.47. The van der Waals surface area contributed by atoms with Gasteiger partial charge in [0, 0.05) is 11.5 Å². The summed E-state index contributed by atoms with van der Waals surface area (Å²) in [4.78, 5) is 11.6. The van der Waals surface area contributed by atoms with E-state index in [-0.39, 0.29) is 23.1 Å². The number of benzene rings is 3. The molecule has 32 heavy (non-hydrogen) atoms. The number of phenols is 1. The monoisotopic (exact) mass is 434 g/mol. The van der Waals surface area contributed by atoms with Crippen molar-refractivity contribution in [3.8, 4) is 17.2 Å². The molecule has 0 aliphatic heterocycles. The molecule has 5 heteroatoms. The van der Waals surface area contributed by atoms with Gasteiger partial charge < -0.3 is 19.7 Å². The van der Waals surface area contributed by atoms with Crippen LogP contribution >= 0.6 is 0 Å². The van der Waals surface area contributed by atoms with Gasteiger partial charge in [0.1, 0.15) is 22.8 Å². The van der Waals surface area contributed by atoms with Crippen molar-refractivity contribution in [1.82, 2.24) is 0 Å². The molecular formula is C27H30O5. The zero-order valence-corrected chi connectivity index (χ0v) is 18.7. The van der Waals surface area contributed by atoms with E-state index in [1.165, 1.54) is 6.07 Å². The molecular weight excluding hydrogens is 404 g/mol. The van der Waals surface area contributed by atoms with Gasteiger partial charge in [-0.2, -0.15) is 0 Å². The summed E-state index contributed by atoms with van der Waals surface area (Å²) in [6.45, 7) is 7.22. The fourth-order valence-electron chi connectivity index (χ4n) is 3.97. The second kappa shape index (κ2) is 10.7. The quantitative estimate of drug-likeness (QED) is 0.396. The minimum Gasteiger partial charge on any atom is -0.507 e. The summed E-state index contributed by atoms with van der Waals surface area (Å²) < 4.78 is 11.1. The third-order valence-electron chi connectivity index (χ3n) is 5.62. The van der Waals surface area contributed by atoms with Crippen LogP contribution in [0, 0.1) is 0 Å². The van der Waals surface area contributed by atoms with Gasteiger partial charge in [-0.1, -0.05) is 43.3 Å². The predicted molar refractivity (Wildman–Crippen MR) is 125 cm³/mol. The smallest absolute Gasteiger partial charge is 0.339 e. The fourth-order valence-corrected chi connectivity index (χ4v) is 3.97. The number of aromatic hydroxyl groups is 1. The average Bonchev–Trinajstić information content (AvgIpc) is 2.79. The van der Waals surface area contributed by atoms with Gasteiger partial charge in [0.25, 0.3) is 0 Å². The van der Waals surface area contributed by atoms with Crippen molar-refractivity contribution in [1.29, 1.82) is 0 Å². The molecule has 0 aromatic heterocycles. The Bertz CT molecular complexity index is 1020. The standard InChI is InChI=1S/C27H30O5/c1-4-31-21-13-9-19(10-14-21)18(3)17-25(20-11-15-22(16-12-20)32-5-2)23-7-6-8-24(26(23)28)27(29)30/h6-16,18,25,28H,4-5,17H2,1-3H3,(H,29,30). The van der Waals surface area contributed by atoms with Gasteiger partial charge in [0.15, 0.2) is 0 Å². The Morgan fingerprint density at radius 1 is 0.844 bits per heavy atom. The highest BCUT2D eigenvalue weighted by molar-refractivity contribution is 5.91. The van der Waals surface area contributed by atoms with Gasteiger partial charge >= 0.3 is 5.97 Å². The molecule has 2 atom stereocenters. The zero-order chi connectivity index (χ0) is 23.1. The predicted octanol–water partition coefficient (Wildman–Crippen LogP) is 6.21. The molecule has 2 N–H and O–H groups in total. The van der Waals surface area contributed by atoms with E-state index in [0.29, 0.717) is 25.2 Å². The Morgan fingerprint density at radius 2 is 1.38 bits per heavy atom. The minimum atomic E-state index is -1.14. The normalized spacial score (nSPS) is 12.7. The van der Waals surface area contributed by atoms with Crippen LogP contribution in [0.2, 0.25) is 0 Å². The van der Waals surface area contributed by atoms with E-state index in [4.69, 9.17) is 9.47 Å². The van der Waals surface area contributed by atoms with E-state index in [2.05, 4.69) is 19.1 Å². The number of para-hydroxylation sites is 1. The molecule has 3 aromatic rings. The SMILES string of the molecule is CCOc1ccc(C(C)CC(c2ccc(OCC)cc2)c2cccc(C(=O)O)c2O)cc1. The molecule has 0 heterocycles. The van der Waals surface area contributed by atoms with E-state index in [0.717, 1.165) is 22.6 Å². The highest BCUT2D eigenvalue weighted by atomic mass is 16.5. The van der Waals surface area contributed by atoms with Gasteiger partial charge in [-0.15, -0.1) is 0 Å². The van der Waals surface area contributed by atoms with Crippen molar-refractivity contribution in [3.05, 3.63) is 89.0 Å². The van der Waals surface area contributed by atoms with Crippen molar-refractivity contribution in [2.75, 3.05) is 13.2 Å². The molecule has 0 aliphatic carbocycles. The summed E-state index contributed by atoms with van der Waals surface area (Å²) in [5, 5.41) is 20.3. The van der Waals surface area contributed by atoms with E-state index >= 15 is 0 Å². The van der Waals surface area contributed by atoms with Crippen LogP contribution < -0.4 is 9.47 Å². The van der Waals surface area contributed by atoms with Crippen LogP contribution in [-0.2, 0) is 0 Å². The number of hydrogen-bond acceptors (Lipinski definition) is 4. The lowest BCUT2D eigenvalue weighted by molar-refractivity contribution is 0.0693. The van der Waals surface area contributed by atoms with E-state index < -0.39 is 5.97 Å². The lowest BCUT2D eigenvalue weighted by atomic mass is 9.81. The van der Waals surface area contributed by atoms with Crippen LogP contribution in [0.25, 0.3) is 0 Å². The fraction of sp³-hybridized carbons (Fsp3) is 0.296. The number of rotatable bonds is 10. The van der Waals surface area contributed by atoms with Crippen LogP contribution in [0.3, 0.4) is 0 Å². The van der Waals surface area contributed by atoms with Gasteiger partial charge in [-0.05, 0) is 67.6 Å². The molecule has 0 radical (unpaired) electrons. The van der Waals surface area contributed by atoms with Crippen LogP contribution in [0.5, 0.6) is 17.2 Å². The number of aromatic carboxylic acids is 1. The third-order valence-corrected chi connectivity index (χ3v) is 5.62. The first-order chi connectivity index (χ1) is 15.4. The highest BCUT2D eigenvalue weighted by Crippen LogP contribution is 2.40. The largest absolute Gasteiger partial charge is 0.507 e. The molecule has 5 nitrogen and oxygen atoms in total. The molecule has 0 aliphatic rings. The first-order valence-electron chi connectivity index (χ1n) is 10.9. The topological polar surface area (TPSA) is 76.0 Å². The zero-order valence-electron chi connectivity index (χ0n) is 18.7. The summed E-state index contributed by atoms with van der Waals surface area (Å²) in [6, 6.07) is 20.7. The summed E-state index contributed by atoms with van der Waals surface area (Å²) in [5.74, 6) is 0.255. The van der Waals surface area contributed by atoms with Crippen LogP contribution in [0.4, 0.5) is 0 Å². The van der Waals surface area contributed by atoms with E-state index in [1.54, 1.807) is 12.1 Å². The molecule has 0 spiro atoms. The molecule has 3 rings (SSSR count). The maximum atomic E-state index is 11.6. The summed E-state index contributed by atoms with van der Waals surface area (Å²) >= 11 is 0. The molecule has 0 bridgehead atoms. The van der Waals surface area contributed by atoms with E-state index in [1.807, 2.05) is 50.2 Å². The second-order valence-electron chi connectivity index (χ2n) is 7.74. The van der Waals surface area contributed by atoms with Crippen LogP contribution in [0.1, 0.15) is 66.1 Å². The number of hydrogen-bond donors (Lipinski definition) is 2. The first-order valence-corrected chi connectivity index (χ1v) is 10.9. The molecule has 0 fully saturated rings. The Labute approximate surface area is 189 Å². The van der Waals surface area contributed by atoms with Gasteiger partial charge in [-0.25, -0.2) is 4.79 Å². The second-order valence-corrected chi connectivity index (χ2v) is 7.74. The summed E-state index contributed by atoms with van der Waals surface area (Å²) in [5.41, 5.74) is 2.65. The average molecular weight is 435 g/mol. The molecule has 168 valence electrons. The first kappa shape index (κ1) is 23.2.